The summed E-state index contributed by atoms with van der Waals surface area (Å²) in [4.78, 5) is 18.2. The zero-order valence-electron chi connectivity index (χ0n) is 11.2. The highest BCUT2D eigenvalue weighted by Gasteiger charge is 2.67. The molecule has 0 spiro atoms. The molecule has 0 saturated heterocycles. The van der Waals surface area contributed by atoms with Crippen LogP contribution in [-0.4, -0.2) is 29.3 Å². The third-order valence-electron chi connectivity index (χ3n) is 3.48. The molecule has 1 aromatic rings. The van der Waals surface area contributed by atoms with Crippen LogP contribution in [-0.2, 0) is 11.3 Å². The van der Waals surface area contributed by atoms with Crippen LogP contribution in [0.4, 0.5) is 5.82 Å². The Hall–Kier alpha value is -1.00. The van der Waals surface area contributed by atoms with Gasteiger partial charge in [0.2, 0.25) is 5.91 Å². The first-order valence-electron chi connectivity index (χ1n) is 6.05. The van der Waals surface area contributed by atoms with Gasteiger partial charge in [-0.25, -0.2) is 4.98 Å². The van der Waals surface area contributed by atoms with Crippen LogP contribution in [0.15, 0.2) is 18.3 Å². The average molecular weight is 302 g/mol. The maximum Gasteiger partial charge on any atom is 0.229 e. The van der Waals surface area contributed by atoms with E-state index >= 15 is 0 Å². The van der Waals surface area contributed by atoms with Gasteiger partial charge in [-0.15, -0.1) is 23.2 Å². The second-order valence-corrected chi connectivity index (χ2v) is 6.80. The Labute approximate surface area is 123 Å². The summed E-state index contributed by atoms with van der Waals surface area (Å²) in [6.07, 6.45) is 2.24. The number of anilines is 1. The van der Waals surface area contributed by atoms with E-state index < -0.39 is 9.75 Å². The van der Waals surface area contributed by atoms with Gasteiger partial charge in [0.1, 0.15) is 10.2 Å². The molecule has 1 atom stereocenters. The second kappa shape index (κ2) is 4.84. The van der Waals surface area contributed by atoms with Crippen LogP contribution in [0.2, 0.25) is 0 Å². The molecular weight excluding hydrogens is 285 g/mol. The van der Waals surface area contributed by atoms with Crippen LogP contribution in [0.3, 0.4) is 0 Å². The standard InChI is InChI=1S/C13H17Cl2N3O/c1-12(8-13(12,14)15)11(19)17-7-9-4-5-10(16-6-9)18(2)3/h4-6H,7-8H2,1-3H3,(H,17,19). The fourth-order valence-electron chi connectivity index (χ4n) is 1.81. The van der Waals surface area contributed by atoms with Crippen molar-refractivity contribution in [3.63, 3.8) is 0 Å². The summed E-state index contributed by atoms with van der Waals surface area (Å²) in [7, 11) is 3.86. The molecule has 19 heavy (non-hydrogen) atoms. The molecule has 1 saturated carbocycles. The van der Waals surface area contributed by atoms with E-state index in [-0.39, 0.29) is 5.91 Å². The smallest absolute Gasteiger partial charge is 0.229 e. The van der Waals surface area contributed by atoms with E-state index in [1.165, 1.54) is 0 Å². The first-order chi connectivity index (χ1) is 8.76. The van der Waals surface area contributed by atoms with Gasteiger partial charge in [0.25, 0.3) is 0 Å². The summed E-state index contributed by atoms with van der Waals surface area (Å²) in [5.74, 6) is 0.763. The summed E-state index contributed by atoms with van der Waals surface area (Å²) in [6, 6.07) is 3.85. The van der Waals surface area contributed by atoms with Gasteiger partial charge in [0, 0.05) is 26.8 Å². The molecular formula is C13H17Cl2N3O. The lowest BCUT2D eigenvalue weighted by Gasteiger charge is -2.14. The predicted molar refractivity (Wildman–Crippen MR) is 77.6 cm³/mol. The van der Waals surface area contributed by atoms with E-state index in [2.05, 4.69) is 10.3 Å². The Morgan fingerprint density at radius 1 is 1.47 bits per heavy atom. The number of nitrogens with one attached hydrogen (secondary N) is 1. The summed E-state index contributed by atoms with van der Waals surface area (Å²) in [5.41, 5.74) is 0.269. The normalized spacial score (nSPS) is 23.8. The molecule has 1 amide bonds. The van der Waals surface area contributed by atoms with Crippen molar-refractivity contribution >= 4 is 34.9 Å². The highest BCUT2D eigenvalue weighted by molar-refractivity contribution is 6.53. The van der Waals surface area contributed by atoms with Crippen LogP contribution < -0.4 is 10.2 Å². The largest absolute Gasteiger partial charge is 0.363 e. The van der Waals surface area contributed by atoms with E-state index in [4.69, 9.17) is 23.2 Å². The summed E-state index contributed by atoms with van der Waals surface area (Å²) >= 11 is 11.9. The molecule has 1 unspecified atom stereocenters. The maximum atomic E-state index is 12.0. The first-order valence-corrected chi connectivity index (χ1v) is 6.80. The molecule has 0 aliphatic heterocycles. The Morgan fingerprint density at radius 3 is 2.53 bits per heavy atom. The molecule has 1 N–H and O–H groups in total. The third kappa shape index (κ3) is 2.79. The number of pyridine rings is 1. The lowest BCUT2D eigenvalue weighted by atomic mass is 10.1. The van der Waals surface area contributed by atoms with E-state index in [1.54, 1.807) is 13.1 Å². The molecule has 6 heteroatoms. The van der Waals surface area contributed by atoms with Gasteiger partial charge in [0.05, 0.1) is 5.41 Å². The van der Waals surface area contributed by atoms with Crippen molar-refractivity contribution in [3.8, 4) is 0 Å². The van der Waals surface area contributed by atoms with Crippen LogP contribution in [0, 0.1) is 5.41 Å². The Balaban J connectivity index is 1.91. The first kappa shape index (κ1) is 14.4. The number of nitrogens with zero attached hydrogens (tertiary/aromatic N) is 2. The predicted octanol–water partition coefficient (Wildman–Crippen LogP) is 2.35. The molecule has 1 fully saturated rings. The summed E-state index contributed by atoms with van der Waals surface area (Å²) < 4.78 is -0.926. The van der Waals surface area contributed by atoms with Gasteiger partial charge >= 0.3 is 0 Å². The van der Waals surface area contributed by atoms with Gasteiger partial charge in [0.15, 0.2) is 0 Å². The Morgan fingerprint density at radius 2 is 2.11 bits per heavy atom. The number of hydrogen-bond acceptors (Lipinski definition) is 3. The molecule has 2 rings (SSSR count). The Bertz CT molecular complexity index is 487. The lowest BCUT2D eigenvalue weighted by molar-refractivity contribution is -0.125. The van der Waals surface area contributed by atoms with Crippen molar-refractivity contribution < 1.29 is 4.79 Å². The number of rotatable bonds is 4. The van der Waals surface area contributed by atoms with Gasteiger partial charge < -0.3 is 10.2 Å². The molecule has 1 heterocycles. The fraction of sp³-hybridized carbons (Fsp3) is 0.538. The molecule has 1 aliphatic carbocycles. The van der Waals surface area contributed by atoms with Crippen molar-refractivity contribution in [2.24, 2.45) is 5.41 Å². The minimum atomic E-state index is -0.926. The molecule has 0 aromatic carbocycles. The fourth-order valence-corrected chi connectivity index (χ4v) is 2.52. The molecule has 104 valence electrons. The highest BCUT2D eigenvalue weighted by Crippen LogP contribution is 2.63. The van der Waals surface area contributed by atoms with Crippen LogP contribution in [0.5, 0.6) is 0 Å². The molecule has 1 aliphatic rings. The number of halogens is 2. The zero-order chi connectivity index (χ0) is 14.3. The quantitative estimate of drug-likeness (QED) is 0.868. The number of carbonyl (C=O) groups is 1. The van der Waals surface area contributed by atoms with E-state index in [9.17, 15) is 4.79 Å². The van der Waals surface area contributed by atoms with Gasteiger partial charge in [-0.1, -0.05) is 6.07 Å². The maximum absolute atomic E-state index is 12.0. The molecule has 1 aromatic heterocycles. The minimum absolute atomic E-state index is 0.116. The average Bonchev–Trinajstić information content (AvgIpc) is 2.87. The second-order valence-electron chi connectivity index (χ2n) is 5.32. The van der Waals surface area contributed by atoms with Crippen LogP contribution in [0.25, 0.3) is 0 Å². The van der Waals surface area contributed by atoms with Crippen molar-refractivity contribution in [2.45, 2.75) is 24.2 Å². The van der Waals surface area contributed by atoms with E-state index in [0.717, 1.165) is 11.4 Å². The highest BCUT2D eigenvalue weighted by atomic mass is 35.5. The SMILES string of the molecule is CN(C)c1ccc(CNC(=O)C2(C)CC2(Cl)Cl)cn1. The number of hydrogen-bond donors (Lipinski definition) is 1. The molecule has 0 bridgehead atoms. The van der Waals surface area contributed by atoms with E-state index in [0.29, 0.717) is 13.0 Å². The van der Waals surface area contributed by atoms with Crippen LogP contribution in [0.1, 0.15) is 18.9 Å². The number of alkyl halides is 2. The minimum Gasteiger partial charge on any atom is -0.363 e. The number of aromatic nitrogens is 1. The summed E-state index contributed by atoms with van der Waals surface area (Å²) in [5, 5.41) is 2.84. The number of carbonyl (C=O) groups excluding carboxylic acids is 1. The monoisotopic (exact) mass is 301 g/mol. The van der Waals surface area contributed by atoms with Gasteiger partial charge in [-0.3, -0.25) is 4.79 Å². The lowest BCUT2D eigenvalue weighted by Crippen LogP contribution is -2.32. The van der Waals surface area contributed by atoms with Crippen LogP contribution >= 0.6 is 23.2 Å². The van der Waals surface area contributed by atoms with E-state index in [1.807, 2.05) is 31.1 Å². The molecule has 0 radical (unpaired) electrons. The van der Waals surface area contributed by atoms with Crippen molar-refractivity contribution in [1.82, 2.24) is 10.3 Å². The third-order valence-corrected chi connectivity index (χ3v) is 4.58. The molecule has 4 nitrogen and oxygen atoms in total. The van der Waals surface area contributed by atoms with Crippen molar-refractivity contribution in [2.75, 3.05) is 19.0 Å². The topological polar surface area (TPSA) is 45.2 Å². The Kier molecular flexibility index (Phi) is 3.67. The van der Waals surface area contributed by atoms with Crippen molar-refractivity contribution in [1.29, 1.82) is 0 Å². The van der Waals surface area contributed by atoms with Gasteiger partial charge in [-0.05, 0) is 25.0 Å². The summed E-state index contributed by atoms with van der Waals surface area (Å²) in [6.45, 7) is 2.20. The van der Waals surface area contributed by atoms with Crippen molar-refractivity contribution in [3.05, 3.63) is 23.9 Å². The zero-order valence-corrected chi connectivity index (χ0v) is 12.7. The number of amides is 1. The van der Waals surface area contributed by atoms with Gasteiger partial charge in [-0.2, -0.15) is 0 Å².